The van der Waals surface area contributed by atoms with Crippen LogP contribution < -0.4 is 10.6 Å². The van der Waals surface area contributed by atoms with Crippen molar-refractivity contribution in [2.45, 2.75) is 13.8 Å². The molecule has 0 aromatic carbocycles. The van der Waals surface area contributed by atoms with Gasteiger partial charge in [0.05, 0.1) is 12.4 Å². The molecular weight excluding hydrogens is 168 g/mol. The predicted molar refractivity (Wildman–Crippen MR) is 52.9 cm³/mol. The molecule has 2 heterocycles. The fourth-order valence-corrected chi connectivity index (χ4v) is 2.36. The van der Waals surface area contributed by atoms with Gasteiger partial charge in [-0.1, -0.05) is 0 Å². The fourth-order valence-electron chi connectivity index (χ4n) is 1.42. The van der Waals surface area contributed by atoms with Crippen molar-refractivity contribution in [3.05, 3.63) is 27.6 Å². The Hall–Kier alpha value is -0.960. The molecule has 12 heavy (non-hydrogen) atoms. The normalized spacial score (nSPS) is 15.3. The van der Waals surface area contributed by atoms with E-state index in [-0.39, 0.29) is 0 Å². The first-order chi connectivity index (χ1) is 5.77. The van der Waals surface area contributed by atoms with Gasteiger partial charge in [0.25, 0.3) is 0 Å². The fraction of sp³-hybridized carbons (Fsp3) is 0.333. The third-order valence-electron chi connectivity index (χ3n) is 1.96. The zero-order valence-electron chi connectivity index (χ0n) is 7.27. The van der Waals surface area contributed by atoms with Gasteiger partial charge in [0.15, 0.2) is 0 Å². The lowest BCUT2D eigenvalue weighted by molar-refractivity contribution is 0.842. The van der Waals surface area contributed by atoms with Gasteiger partial charge in [0.2, 0.25) is 0 Å². The lowest BCUT2D eigenvalue weighted by Gasteiger charge is -2.00. The van der Waals surface area contributed by atoms with Gasteiger partial charge in [-0.05, 0) is 19.9 Å². The van der Waals surface area contributed by atoms with Crippen LogP contribution in [0, 0.1) is 13.8 Å². The van der Waals surface area contributed by atoms with Crippen molar-refractivity contribution in [1.29, 1.82) is 0 Å². The van der Waals surface area contributed by atoms with E-state index < -0.39 is 0 Å². The Kier molecular flexibility index (Phi) is 1.81. The molecule has 1 aromatic heterocycles. The van der Waals surface area contributed by atoms with Crippen LogP contribution in [0.3, 0.4) is 0 Å². The van der Waals surface area contributed by atoms with Crippen LogP contribution in [-0.2, 0) is 0 Å². The summed E-state index contributed by atoms with van der Waals surface area (Å²) in [4.78, 5) is 2.76. The molecule has 0 atom stereocenters. The lowest BCUT2D eigenvalue weighted by Crippen LogP contribution is -2.13. The van der Waals surface area contributed by atoms with Crippen LogP contribution in [0.1, 0.15) is 15.3 Å². The standard InChI is InChI=1S/C9H12N2S/c1-6-3-8(7(2)12-6)9-4-10-5-11-9/h3-4,10-11H,5H2,1-2H3. The number of hydrogen-bond acceptors (Lipinski definition) is 3. The smallest absolute Gasteiger partial charge is 0.0846 e. The Morgan fingerprint density at radius 1 is 1.42 bits per heavy atom. The zero-order chi connectivity index (χ0) is 8.55. The van der Waals surface area contributed by atoms with Gasteiger partial charge in [-0.2, -0.15) is 0 Å². The van der Waals surface area contributed by atoms with Gasteiger partial charge >= 0.3 is 0 Å². The molecular formula is C9H12N2S. The van der Waals surface area contributed by atoms with Gasteiger partial charge in [-0.3, -0.25) is 0 Å². The van der Waals surface area contributed by atoms with Gasteiger partial charge in [-0.15, -0.1) is 11.3 Å². The van der Waals surface area contributed by atoms with Crippen molar-refractivity contribution in [3.63, 3.8) is 0 Å². The second-order valence-electron chi connectivity index (χ2n) is 2.94. The number of thiophene rings is 1. The molecule has 2 nitrogen and oxygen atoms in total. The molecule has 0 fully saturated rings. The molecule has 1 aliphatic heterocycles. The highest BCUT2D eigenvalue weighted by atomic mass is 32.1. The van der Waals surface area contributed by atoms with Crippen molar-refractivity contribution in [2.24, 2.45) is 0 Å². The molecule has 0 bridgehead atoms. The largest absolute Gasteiger partial charge is 0.372 e. The number of rotatable bonds is 1. The molecule has 0 amide bonds. The maximum Gasteiger partial charge on any atom is 0.0846 e. The van der Waals surface area contributed by atoms with Crippen LogP contribution in [0.15, 0.2) is 12.3 Å². The van der Waals surface area contributed by atoms with Gasteiger partial charge in [0, 0.05) is 21.5 Å². The second kappa shape index (κ2) is 2.83. The minimum atomic E-state index is 0.851. The van der Waals surface area contributed by atoms with Crippen molar-refractivity contribution in [1.82, 2.24) is 10.6 Å². The van der Waals surface area contributed by atoms with E-state index in [2.05, 4.69) is 30.5 Å². The molecule has 0 aliphatic carbocycles. The minimum absolute atomic E-state index is 0.851. The highest BCUT2D eigenvalue weighted by Crippen LogP contribution is 2.25. The number of hydrogen-bond donors (Lipinski definition) is 2. The summed E-state index contributed by atoms with van der Waals surface area (Å²) in [6.45, 7) is 5.15. The van der Waals surface area contributed by atoms with Crippen LogP contribution in [0.25, 0.3) is 5.70 Å². The summed E-state index contributed by atoms with van der Waals surface area (Å²) in [5.41, 5.74) is 2.55. The molecule has 0 radical (unpaired) electrons. The Labute approximate surface area is 76.3 Å². The van der Waals surface area contributed by atoms with Crippen LogP contribution in [0.5, 0.6) is 0 Å². The van der Waals surface area contributed by atoms with E-state index >= 15 is 0 Å². The van der Waals surface area contributed by atoms with Crippen molar-refractivity contribution in [3.8, 4) is 0 Å². The molecule has 1 aromatic rings. The molecule has 0 saturated heterocycles. The third kappa shape index (κ3) is 1.20. The average molecular weight is 180 g/mol. The lowest BCUT2D eigenvalue weighted by atomic mass is 10.2. The Morgan fingerprint density at radius 2 is 2.25 bits per heavy atom. The van der Waals surface area contributed by atoms with Gasteiger partial charge < -0.3 is 10.6 Å². The first-order valence-electron chi connectivity index (χ1n) is 4.02. The molecule has 0 saturated carbocycles. The quantitative estimate of drug-likeness (QED) is 0.689. The van der Waals surface area contributed by atoms with Crippen LogP contribution in [-0.4, -0.2) is 6.67 Å². The number of nitrogens with one attached hydrogen (secondary N) is 2. The summed E-state index contributed by atoms with van der Waals surface area (Å²) in [6.07, 6.45) is 2.04. The van der Waals surface area contributed by atoms with E-state index in [9.17, 15) is 0 Å². The molecule has 0 unspecified atom stereocenters. The summed E-state index contributed by atoms with van der Waals surface area (Å²) in [6, 6.07) is 2.23. The van der Waals surface area contributed by atoms with E-state index in [1.165, 1.54) is 21.0 Å². The minimum Gasteiger partial charge on any atom is -0.372 e. The monoisotopic (exact) mass is 180 g/mol. The summed E-state index contributed by atoms with van der Waals surface area (Å²) >= 11 is 1.85. The van der Waals surface area contributed by atoms with Crippen LogP contribution >= 0.6 is 11.3 Å². The molecule has 3 heteroatoms. The first-order valence-corrected chi connectivity index (χ1v) is 4.84. The number of aryl methyl sites for hydroxylation is 2. The summed E-state index contributed by atoms with van der Waals surface area (Å²) in [5.74, 6) is 0. The van der Waals surface area contributed by atoms with Crippen molar-refractivity contribution < 1.29 is 0 Å². The Balaban J connectivity index is 2.38. The highest BCUT2D eigenvalue weighted by molar-refractivity contribution is 7.12. The Morgan fingerprint density at radius 3 is 2.75 bits per heavy atom. The van der Waals surface area contributed by atoms with Crippen molar-refractivity contribution in [2.75, 3.05) is 6.67 Å². The molecule has 64 valence electrons. The maximum atomic E-state index is 3.28. The SMILES string of the molecule is Cc1cc(C2=CNCN2)c(C)s1. The Bertz CT molecular complexity index is 325. The van der Waals surface area contributed by atoms with Crippen LogP contribution in [0.4, 0.5) is 0 Å². The molecule has 1 aliphatic rings. The molecule has 2 N–H and O–H groups in total. The summed E-state index contributed by atoms with van der Waals surface area (Å²) < 4.78 is 0. The van der Waals surface area contributed by atoms with E-state index in [1.54, 1.807) is 0 Å². The molecule has 2 rings (SSSR count). The van der Waals surface area contributed by atoms with E-state index in [0.29, 0.717) is 0 Å². The van der Waals surface area contributed by atoms with E-state index in [4.69, 9.17) is 0 Å². The third-order valence-corrected chi connectivity index (χ3v) is 2.92. The first kappa shape index (κ1) is 7.68. The van der Waals surface area contributed by atoms with Crippen LogP contribution in [0.2, 0.25) is 0 Å². The average Bonchev–Trinajstić information content (AvgIpc) is 2.58. The van der Waals surface area contributed by atoms with Gasteiger partial charge in [-0.25, -0.2) is 0 Å². The summed E-state index contributed by atoms with van der Waals surface area (Å²) in [7, 11) is 0. The van der Waals surface area contributed by atoms with E-state index in [1.807, 2.05) is 17.5 Å². The topological polar surface area (TPSA) is 24.1 Å². The van der Waals surface area contributed by atoms with E-state index in [0.717, 1.165) is 6.67 Å². The highest BCUT2D eigenvalue weighted by Gasteiger charge is 2.10. The zero-order valence-corrected chi connectivity index (χ0v) is 8.09. The second-order valence-corrected chi connectivity index (χ2v) is 4.40. The van der Waals surface area contributed by atoms with Gasteiger partial charge in [0.1, 0.15) is 0 Å². The summed E-state index contributed by atoms with van der Waals surface area (Å²) in [5, 5.41) is 6.42. The van der Waals surface area contributed by atoms with Crippen molar-refractivity contribution >= 4 is 17.0 Å². The maximum absolute atomic E-state index is 3.28. The molecule has 0 spiro atoms. The predicted octanol–water partition coefficient (Wildman–Crippen LogP) is 1.81.